The molecule has 0 atom stereocenters. The van der Waals surface area contributed by atoms with Gasteiger partial charge >= 0.3 is 0 Å². The molecule has 1 aromatic carbocycles. The number of ether oxygens (including phenoxy) is 2. The molecule has 1 aromatic rings. The van der Waals surface area contributed by atoms with Crippen molar-refractivity contribution >= 4 is 17.5 Å². The molecule has 130 valence electrons. The van der Waals surface area contributed by atoms with Crippen molar-refractivity contribution in [2.75, 3.05) is 13.2 Å². The van der Waals surface area contributed by atoms with Crippen LogP contribution in [0, 0.1) is 5.82 Å². The van der Waals surface area contributed by atoms with Crippen LogP contribution >= 0.6 is 11.6 Å². The summed E-state index contributed by atoms with van der Waals surface area (Å²) < 4.78 is 25.5. The molecule has 3 rings (SSSR count). The van der Waals surface area contributed by atoms with Crippen LogP contribution in [0.15, 0.2) is 30.9 Å². The molecule has 1 saturated heterocycles. The summed E-state index contributed by atoms with van der Waals surface area (Å²) >= 11 is 5.96. The first-order valence-electron chi connectivity index (χ1n) is 8.18. The number of amides is 1. The number of carbonyl (C=O) groups excluding carboxylic acids is 1. The van der Waals surface area contributed by atoms with E-state index in [9.17, 15) is 9.18 Å². The zero-order chi connectivity index (χ0) is 17.2. The Morgan fingerprint density at radius 1 is 1.38 bits per heavy atom. The van der Waals surface area contributed by atoms with Crippen LogP contribution in [0.3, 0.4) is 0 Å². The lowest BCUT2D eigenvalue weighted by atomic mass is 9.88. The van der Waals surface area contributed by atoms with Gasteiger partial charge in [-0.05, 0) is 37.1 Å². The zero-order valence-electron chi connectivity index (χ0n) is 13.5. The summed E-state index contributed by atoms with van der Waals surface area (Å²) in [6.45, 7) is 4.98. The van der Waals surface area contributed by atoms with E-state index in [1.165, 1.54) is 18.2 Å². The topological polar surface area (TPSA) is 38.8 Å². The predicted octanol–water partition coefficient (Wildman–Crippen LogP) is 3.68. The fourth-order valence-electron chi connectivity index (χ4n) is 3.49. The summed E-state index contributed by atoms with van der Waals surface area (Å²) in [7, 11) is 0. The lowest BCUT2D eigenvalue weighted by Crippen LogP contribution is -2.46. The molecular weight excluding hydrogens is 333 g/mol. The minimum atomic E-state index is -0.485. The highest BCUT2D eigenvalue weighted by Crippen LogP contribution is 2.38. The van der Waals surface area contributed by atoms with Gasteiger partial charge in [0.05, 0.1) is 13.2 Å². The lowest BCUT2D eigenvalue weighted by Gasteiger charge is -2.40. The van der Waals surface area contributed by atoms with Crippen molar-refractivity contribution in [3.63, 3.8) is 0 Å². The van der Waals surface area contributed by atoms with Gasteiger partial charge in [-0.1, -0.05) is 18.2 Å². The molecule has 2 fully saturated rings. The molecule has 6 heteroatoms. The molecular formula is C18H21ClFNO3. The Kier molecular flexibility index (Phi) is 5.23. The second-order valence-corrected chi connectivity index (χ2v) is 6.68. The Labute approximate surface area is 146 Å². The second-order valence-electron chi connectivity index (χ2n) is 6.24. The largest absolute Gasteiger partial charge is 0.348 e. The van der Waals surface area contributed by atoms with Gasteiger partial charge in [-0.25, -0.2) is 4.39 Å². The molecule has 2 aliphatic rings. The normalized spacial score (nSPS) is 20.2. The van der Waals surface area contributed by atoms with Crippen molar-refractivity contribution < 1.29 is 18.7 Å². The maximum absolute atomic E-state index is 14.0. The minimum absolute atomic E-state index is 0.00677. The van der Waals surface area contributed by atoms with E-state index in [2.05, 4.69) is 6.58 Å². The SMILES string of the molecule is C=CC(=O)N(Cc1cc(Cl)ccc1F)C1CCC2(CC1)OCCO2. The Bertz CT molecular complexity index is 621. The van der Waals surface area contributed by atoms with E-state index in [1.807, 2.05) is 0 Å². The van der Waals surface area contributed by atoms with Crippen LogP contribution in [-0.4, -0.2) is 35.8 Å². The van der Waals surface area contributed by atoms with E-state index in [4.69, 9.17) is 21.1 Å². The Morgan fingerprint density at radius 2 is 2.04 bits per heavy atom. The molecule has 0 unspecified atom stereocenters. The molecule has 0 bridgehead atoms. The van der Waals surface area contributed by atoms with Crippen molar-refractivity contribution in [2.45, 2.75) is 44.1 Å². The summed E-state index contributed by atoms with van der Waals surface area (Å²) in [4.78, 5) is 14.0. The number of hydrogen-bond donors (Lipinski definition) is 0. The van der Waals surface area contributed by atoms with Crippen LogP contribution in [0.5, 0.6) is 0 Å². The third-order valence-corrected chi connectivity index (χ3v) is 5.01. The highest BCUT2D eigenvalue weighted by Gasteiger charge is 2.42. The zero-order valence-corrected chi connectivity index (χ0v) is 14.2. The smallest absolute Gasteiger partial charge is 0.246 e. The first-order valence-corrected chi connectivity index (χ1v) is 8.56. The molecule has 0 N–H and O–H groups in total. The molecule has 1 heterocycles. The first-order chi connectivity index (χ1) is 11.5. The van der Waals surface area contributed by atoms with Gasteiger partial charge < -0.3 is 14.4 Å². The number of rotatable bonds is 4. The van der Waals surface area contributed by atoms with Crippen molar-refractivity contribution in [3.8, 4) is 0 Å². The summed E-state index contributed by atoms with van der Waals surface area (Å²) in [5.41, 5.74) is 0.409. The number of hydrogen-bond acceptors (Lipinski definition) is 3. The fourth-order valence-corrected chi connectivity index (χ4v) is 3.69. The van der Waals surface area contributed by atoms with Crippen LogP contribution in [0.4, 0.5) is 4.39 Å². The van der Waals surface area contributed by atoms with Crippen LogP contribution in [0.2, 0.25) is 5.02 Å². The Hall–Kier alpha value is -1.43. The highest BCUT2D eigenvalue weighted by molar-refractivity contribution is 6.30. The molecule has 1 spiro atoms. The third-order valence-electron chi connectivity index (χ3n) is 4.78. The quantitative estimate of drug-likeness (QED) is 0.775. The lowest BCUT2D eigenvalue weighted by molar-refractivity contribution is -0.185. The van der Waals surface area contributed by atoms with Crippen LogP contribution in [0.1, 0.15) is 31.2 Å². The van der Waals surface area contributed by atoms with Gasteiger partial charge in [-0.2, -0.15) is 0 Å². The summed E-state index contributed by atoms with van der Waals surface area (Å²) in [5.74, 6) is -1.06. The molecule has 24 heavy (non-hydrogen) atoms. The highest BCUT2D eigenvalue weighted by atomic mass is 35.5. The third kappa shape index (κ3) is 3.63. The summed E-state index contributed by atoms with van der Waals surface area (Å²) in [6, 6.07) is 4.39. The molecule has 1 aliphatic carbocycles. The average Bonchev–Trinajstić information content (AvgIpc) is 3.04. The summed E-state index contributed by atoms with van der Waals surface area (Å²) in [6.07, 6.45) is 4.24. The number of halogens is 2. The maximum Gasteiger partial charge on any atom is 0.246 e. The van der Waals surface area contributed by atoms with E-state index in [0.29, 0.717) is 23.8 Å². The van der Waals surface area contributed by atoms with E-state index < -0.39 is 5.79 Å². The number of nitrogens with zero attached hydrogens (tertiary/aromatic N) is 1. The molecule has 0 radical (unpaired) electrons. The van der Waals surface area contributed by atoms with Crippen molar-refractivity contribution in [3.05, 3.63) is 47.3 Å². The monoisotopic (exact) mass is 353 g/mol. The molecule has 0 aromatic heterocycles. The molecule has 4 nitrogen and oxygen atoms in total. The molecule has 1 amide bonds. The first kappa shape index (κ1) is 17.4. The Morgan fingerprint density at radius 3 is 2.67 bits per heavy atom. The van der Waals surface area contributed by atoms with E-state index in [1.54, 1.807) is 11.0 Å². The Balaban J connectivity index is 1.74. The maximum atomic E-state index is 14.0. The number of benzene rings is 1. The average molecular weight is 354 g/mol. The van der Waals surface area contributed by atoms with Gasteiger partial charge in [-0.15, -0.1) is 0 Å². The van der Waals surface area contributed by atoms with Gasteiger partial charge in [0, 0.05) is 36.0 Å². The fraction of sp³-hybridized carbons (Fsp3) is 0.500. The van der Waals surface area contributed by atoms with Crippen LogP contribution in [-0.2, 0) is 20.8 Å². The van der Waals surface area contributed by atoms with Gasteiger partial charge in [0.2, 0.25) is 5.91 Å². The van der Waals surface area contributed by atoms with Crippen LogP contribution < -0.4 is 0 Å². The second kappa shape index (κ2) is 7.21. The van der Waals surface area contributed by atoms with Crippen molar-refractivity contribution in [2.24, 2.45) is 0 Å². The van der Waals surface area contributed by atoms with E-state index in [0.717, 1.165) is 25.7 Å². The van der Waals surface area contributed by atoms with Gasteiger partial charge in [-0.3, -0.25) is 4.79 Å². The van der Waals surface area contributed by atoms with Crippen LogP contribution in [0.25, 0.3) is 0 Å². The van der Waals surface area contributed by atoms with Gasteiger partial charge in [0.1, 0.15) is 5.82 Å². The summed E-state index contributed by atoms with van der Waals surface area (Å²) in [5, 5.41) is 0.452. The van der Waals surface area contributed by atoms with Crippen molar-refractivity contribution in [1.29, 1.82) is 0 Å². The van der Waals surface area contributed by atoms with Gasteiger partial charge in [0.25, 0.3) is 0 Å². The van der Waals surface area contributed by atoms with Crippen molar-refractivity contribution in [1.82, 2.24) is 4.90 Å². The number of carbonyl (C=O) groups is 1. The standard InChI is InChI=1S/C18H21ClFNO3/c1-2-17(22)21(12-13-11-14(19)3-4-16(13)20)15-5-7-18(8-6-15)23-9-10-24-18/h2-4,11,15H,1,5-10,12H2. The minimum Gasteiger partial charge on any atom is -0.348 e. The predicted molar refractivity (Wildman–Crippen MR) is 89.0 cm³/mol. The molecule has 1 saturated carbocycles. The molecule has 1 aliphatic heterocycles. The van der Waals surface area contributed by atoms with Gasteiger partial charge in [0.15, 0.2) is 5.79 Å². The van der Waals surface area contributed by atoms with E-state index >= 15 is 0 Å². The van der Waals surface area contributed by atoms with E-state index in [-0.39, 0.29) is 24.3 Å².